The highest BCUT2D eigenvalue weighted by Gasteiger charge is 2.30. The van der Waals surface area contributed by atoms with Gasteiger partial charge in [-0.15, -0.1) is 11.3 Å². The lowest BCUT2D eigenvalue weighted by Gasteiger charge is -2.27. The number of aromatic nitrogens is 1. The molecular weight excluding hydrogens is 390 g/mol. The maximum Gasteiger partial charge on any atom is 0.341 e. The molecule has 29 heavy (non-hydrogen) atoms. The Morgan fingerprint density at radius 3 is 2.83 bits per heavy atom. The molecule has 1 amide bonds. The van der Waals surface area contributed by atoms with Gasteiger partial charge >= 0.3 is 5.97 Å². The van der Waals surface area contributed by atoms with Gasteiger partial charge in [0.15, 0.2) is 0 Å². The summed E-state index contributed by atoms with van der Waals surface area (Å²) in [5.74, 6) is -0.751. The maximum atomic E-state index is 12.6. The summed E-state index contributed by atoms with van der Waals surface area (Å²) < 4.78 is 10.2. The molecule has 0 aliphatic carbocycles. The first-order chi connectivity index (χ1) is 14.2. The zero-order valence-corrected chi connectivity index (χ0v) is 16.8. The van der Waals surface area contributed by atoms with E-state index in [1.165, 1.54) is 29.2 Å². The molecule has 8 heteroatoms. The second-order valence-electron chi connectivity index (χ2n) is 6.71. The molecule has 0 spiro atoms. The molecule has 0 saturated heterocycles. The van der Waals surface area contributed by atoms with Gasteiger partial charge < -0.3 is 14.6 Å². The molecule has 150 valence electrons. The predicted molar refractivity (Wildman–Crippen MR) is 109 cm³/mol. The topological polar surface area (TPSA) is 84.7 Å². The van der Waals surface area contributed by atoms with Crippen LogP contribution in [0.5, 0.6) is 0 Å². The summed E-state index contributed by atoms with van der Waals surface area (Å²) in [6.07, 6.45) is 2.13. The minimum absolute atomic E-state index is 0.0943. The highest BCUT2D eigenvalue weighted by atomic mass is 32.1. The van der Waals surface area contributed by atoms with E-state index >= 15 is 0 Å². The molecule has 4 rings (SSSR count). The van der Waals surface area contributed by atoms with Gasteiger partial charge in [-0.2, -0.15) is 0 Å². The molecule has 1 N–H and O–H groups in total. The minimum Gasteiger partial charge on any atom is -0.462 e. The van der Waals surface area contributed by atoms with Crippen molar-refractivity contribution in [3.63, 3.8) is 0 Å². The van der Waals surface area contributed by atoms with Crippen LogP contribution in [-0.4, -0.2) is 35.1 Å². The van der Waals surface area contributed by atoms with E-state index in [0.29, 0.717) is 10.6 Å². The molecule has 3 aromatic rings. The Labute approximate surface area is 172 Å². The zero-order chi connectivity index (χ0) is 20.2. The van der Waals surface area contributed by atoms with Crippen molar-refractivity contribution in [3.8, 4) is 0 Å². The van der Waals surface area contributed by atoms with E-state index in [9.17, 15) is 9.59 Å². The predicted octanol–water partition coefficient (Wildman–Crippen LogP) is 3.72. The number of esters is 1. The Morgan fingerprint density at radius 2 is 2.10 bits per heavy atom. The zero-order valence-electron chi connectivity index (χ0n) is 16.0. The first kappa shape index (κ1) is 19.4. The third kappa shape index (κ3) is 4.23. The van der Waals surface area contributed by atoms with E-state index in [-0.39, 0.29) is 12.4 Å². The number of benzene rings is 1. The smallest absolute Gasteiger partial charge is 0.341 e. The van der Waals surface area contributed by atoms with Gasteiger partial charge in [0.1, 0.15) is 5.00 Å². The van der Waals surface area contributed by atoms with E-state index in [0.717, 1.165) is 36.5 Å². The molecule has 1 aliphatic heterocycles. The Balaban J connectivity index is 1.59. The van der Waals surface area contributed by atoms with E-state index in [1.807, 2.05) is 18.2 Å². The molecule has 0 fully saturated rings. The quantitative estimate of drug-likeness (QED) is 0.622. The van der Waals surface area contributed by atoms with Crippen molar-refractivity contribution in [2.75, 3.05) is 18.5 Å². The summed E-state index contributed by atoms with van der Waals surface area (Å²) in [7, 11) is 0. The van der Waals surface area contributed by atoms with Gasteiger partial charge in [0.05, 0.1) is 18.4 Å². The fourth-order valence-corrected chi connectivity index (χ4v) is 4.71. The SMILES string of the molecule is CCOC(=O)c1c(NC(=O)c2ccno2)sc2c1CCN(Cc1ccccc1)C2. The molecule has 0 bridgehead atoms. The van der Waals surface area contributed by atoms with Crippen molar-refractivity contribution in [1.82, 2.24) is 10.1 Å². The van der Waals surface area contributed by atoms with Gasteiger partial charge in [-0.25, -0.2) is 4.79 Å². The van der Waals surface area contributed by atoms with Gasteiger partial charge in [-0.1, -0.05) is 35.5 Å². The van der Waals surface area contributed by atoms with Crippen molar-refractivity contribution in [2.24, 2.45) is 0 Å². The molecule has 2 aromatic heterocycles. The van der Waals surface area contributed by atoms with Crippen molar-refractivity contribution < 1.29 is 18.8 Å². The molecule has 0 atom stereocenters. The summed E-state index contributed by atoms with van der Waals surface area (Å²) in [4.78, 5) is 28.5. The summed E-state index contributed by atoms with van der Waals surface area (Å²) in [5.41, 5.74) is 2.67. The van der Waals surface area contributed by atoms with Gasteiger partial charge in [-0.3, -0.25) is 9.69 Å². The molecule has 1 aliphatic rings. The second-order valence-corrected chi connectivity index (χ2v) is 7.81. The van der Waals surface area contributed by atoms with Gasteiger partial charge in [0, 0.05) is 30.6 Å². The number of carbonyl (C=O) groups excluding carboxylic acids is 2. The van der Waals surface area contributed by atoms with Crippen molar-refractivity contribution in [1.29, 1.82) is 0 Å². The number of amides is 1. The van der Waals surface area contributed by atoms with Crippen LogP contribution in [0.4, 0.5) is 5.00 Å². The highest BCUT2D eigenvalue weighted by Crippen LogP contribution is 2.38. The molecular formula is C21H21N3O4S. The summed E-state index contributed by atoms with van der Waals surface area (Å²) in [6, 6.07) is 11.8. The van der Waals surface area contributed by atoms with E-state index in [1.54, 1.807) is 6.92 Å². The molecule has 7 nitrogen and oxygen atoms in total. The van der Waals surface area contributed by atoms with Crippen LogP contribution >= 0.6 is 11.3 Å². The lowest BCUT2D eigenvalue weighted by Crippen LogP contribution is -2.29. The summed E-state index contributed by atoms with van der Waals surface area (Å²) >= 11 is 1.42. The summed E-state index contributed by atoms with van der Waals surface area (Å²) in [5, 5.41) is 6.85. The Bertz CT molecular complexity index is 999. The Hall–Kier alpha value is -2.97. The number of ether oxygens (including phenoxy) is 1. The van der Waals surface area contributed by atoms with Crippen LogP contribution in [0.1, 0.15) is 43.8 Å². The van der Waals surface area contributed by atoms with Crippen molar-refractivity contribution in [3.05, 3.63) is 69.9 Å². The third-order valence-corrected chi connectivity index (χ3v) is 5.89. The first-order valence-electron chi connectivity index (χ1n) is 9.45. The van der Waals surface area contributed by atoms with Crippen LogP contribution < -0.4 is 5.32 Å². The van der Waals surface area contributed by atoms with Crippen LogP contribution in [0.25, 0.3) is 0 Å². The normalized spacial score (nSPS) is 13.7. The van der Waals surface area contributed by atoms with E-state index < -0.39 is 11.9 Å². The van der Waals surface area contributed by atoms with Crippen LogP contribution in [0.3, 0.4) is 0 Å². The standard InChI is InChI=1S/C21H21N3O4S/c1-2-27-21(26)18-15-9-11-24(12-14-6-4-3-5-7-14)13-17(15)29-20(18)23-19(25)16-8-10-22-28-16/h3-8,10H,2,9,11-13H2,1H3,(H,23,25). The van der Waals surface area contributed by atoms with Crippen molar-refractivity contribution in [2.45, 2.75) is 26.4 Å². The number of carbonyl (C=O) groups is 2. The molecule has 0 radical (unpaired) electrons. The average Bonchev–Trinajstić information content (AvgIpc) is 3.36. The lowest BCUT2D eigenvalue weighted by molar-refractivity contribution is 0.0526. The number of nitrogens with one attached hydrogen (secondary N) is 1. The average molecular weight is 411 g/mol. The fraction of sp³-hybridized carbons (Fsp3) is 0.286. The van der Waals surface area contributed by atoms with Crippen LogP contribution in [0, 0.1) is 0 Å². The van der Waals surface area contributed by atoms with Gasteiger partial charge in [-0.05, 0) is 24.5 Å². The largest absolute Gasteiger partial charge is 0.462 e. The molecule has 1 aromatic carbocycles. The molecule has 0 saturated carbocycles. The minimum atomic E-state index is -0.437. The number of hydrogen-bond acceptors (Lipinski definition) is 7. The second kappa shape index (κ2) is 8.59. The first-order valence-corrected chi connectivity index (χ1v) is 10.3. The fourth-order valence-electron chi connectivity index (χ4n) is 3.44. The van der Waals surface area contributed by atoms with E-state index in [4.69, 9.17) is 9.26 Å². The maximum absolute atomic E-state index is 12.6. The van der Waals surface area contributed by atoms with E-state index in [2.05, 4.69) is 27.5 Å². The van der Waals surface area contributed by atoms with Gasteiger partial charge in [0.2, 0.25) is 5.76 Å². The highest BCUT2D eigenvalue weighted by molar-refractivity contribution is 7.17. The Kier molecular flexibility index (Phi) is 5.73. The lowest BCUT2D eigenvalue weighted by atomic mass is 10.0. The van der Waals surface area contributed by atoms with Crippen LogP contribution in [0.2, 0.25) is 0 Å². The summed E-state index contributed by atoms with van der Waals surface area (Å²) in [6.45, 7) is 4.44. The number of fused-ring (bicyclic) bond motifs is 1. The Morgan fingerprint density at radius 1 is 1.28 bits per heavy atom. The number of nitrogens with zero attached hydrogens (tertiary/aromatic N) is 2. The number of hydrogen-bond donors (Lipinski definition) is 1. The third-order valence-electron chi connectivity index (χ3n) is 4.75. The molecule has 0 unspecified atom stereocenters. The van der Waals surface area contributed by atoms with Crippen LogP contribution in [0.15, 0.2) is 47.1 Å². The monoisotopic (exact) mass is 411 g/mol. The number of thiophene rings is 1. The van der Waals surface area contributed by atoms with Gasteiger partial charge in [0.25, 0.3) is 5.91 Å². The van der Waals surface area contributed by atoms with Crippen LogP contribution in [-0.2, 0) is 24.2 Å². The number of anilines is 1. The number of rotatable bonds is 6. The molecule has 3 heterocycles. The van der Waals surface area contributed by atoms with Crippen molar-refractivity contribution >= 4 is 28.2 Å².